The average molecular weight is 357 g/mol. The van der Waals surface area contributed by atoms with Gasteiger partial charge in [0.2, 0.25) is 0 Å². The minimum absolute atomic E-state index is 0.0913. The summed E-state index contributed by atoms with van der Waals surface area (Å²) in [7, 11) is 0. The Labute approximate surface area is 148 Å². The monoisotopic (exact) mass is 357 g/mol. The summed E-state index contributed by atoms with van der Waals surface area (Å²) in [6, 6.07) is 8.57. The van der Waals surface area contributed by atoms with E-state index in [9.17, 15) is 19.7 Å². The van der Waals surface area contributed by atoms with Gasteiger partial charge in [-0.1, -0.05) is 0 Å². The van der Waals surface area contributed by atoms with Gasteiger partial charge in [-0.05, 0) is 24.3 Å². The van der Waals surface area contributed by atoms with Crippen molar-refractivity contribution in [1.82, 2.24) is 4.98 Å². The molecule has 0 radical (unpaired) electrons. The number of rotatable bonds is 5. The molecule has 1 unspecified atom stereocenters. The van der Waals surface area contributed by atoms with Gasteiger partial charge >= 0.3 is 6.16 Å². The number of nitro groups is 1. The highest BCUT2D eigenvalue weighted by Crippen LogP contribution is 2.22. The zero-order valence-corrected chi connectivity index (χ0v) is 13.6. The summed E-state index contributed by atoms with van der Waals surface area (Å²) < 4.78 is 10.3. The van der Waals surface area contributed by atoms with Gasteiger partial charge in [-0.3, -0.25) is 19.9 Å². The van der Waals surface area contributed by atoms with Gasteiger partial charge in [-0.15, -0.1) is 0 Å². The summed E-state index contributed by atoms with van der Waals surface area (Å²) in [4.78, 5) is 38.6. The van der Waals surface area contributed by atoms with Crippen molar-refractivity contribution in [2.24, 2.45) is 0 Å². The van der Waals surface area contributed by atoms with Crippen molar-refractivity contribution in [3.63, 3.8) is 0 Å². The summed E-state index contributed by atoms with van der Waals surface area (Å²) in [5.41, 5.74) is 1.10. The molecule has 0 bridgehead atoms. The third-order valence-corrected chi connectivity index (χ3v) is 3.91. The fourth-order valence-corrected chi connectivity index (χ4v) is 2.61. The van der Waals surface area contributed by atoms with Crippen molar-refractivity contribution >= 4 is 23.8 Å². The van der Waals surface area contributed by atoms with Crippen LogP contribution in [0.3, 0.4) is 0 Å². The van der Waals surface area contributed by atoms with E-state index in [1.165, 1.54) is 24.3 Å². The highest BCUT2D eigenvalue weighted by molar-refractivity contribution is 5.72. The molecule has 0 spiro atoms. The number of aromatic nitrogens is 1. The van der Waals surface area contributed by atoms with Crippen LogP contribution < -0.4 is 9.64 Å². The van der Waals surface area contributed by atoms with Gasteiger partial charge in [0, 0.05) is 25.1 Å². The molecule has 3 rings (SSSR count). The Morgan fingerprint density at radius 1 is 1.27 bits per heavy atom. The molecular formula is C17H15N3O6. The molecule has 26 heavy (non-hydrogen) atoms. The molecule has 1 atom stereocenters. The van der Waals surface area contributed by atoms with Crippen LogP contribution in [0.2, 0.25) is 0 Å². The second-order valence-electron chi connectivity index (χ2n) is 5.64. The van der Waals surface area contributed by atoms with Crippen LogP contribution >= 0.6 is 0 Å². The zero-order valence-electron chi connectivity index (χ0n) is 13.6. The maximum Gasteiger partial charge on any atom is 0.514 e. The van der Waals surface area contributed by atoms with E-state index in [0.717, 1.165) is 5.69 Å². The summed E-state index contributed by atoms with van der Waals surface area (Å²) >= 11 is 0. The van der Waals surface area contributed by atoms with Gasteiger partial charge in [0.15, 0.2) is 6.29 Å². The fourth-order valence-electron chi connectivity index (χ4n) is 2.61. The van der Waals surface area contributed by atoms with E-state index in [1.807, 2.05) is 4.90 Å². The van der Waals surface area contributed by atoms with Gasteiger partial charge in [0.05, 0.1) is 23.4 Å². The SMILES string of the molecule is O=Cc1ccc(N2CCC(OC(=O)Oc3ccc([N+](=O)[O-])cc3)C2)cn1. The highest BCUT2D eigenvalue weighted by atomic mass is 16.7. The average Bonchev–Trinajstić information content (AvgIpc) is 3.10. The molecule has 2 heterocycles. The lowest BCUT2D eigenvalue weighted by Crippen LogP contribution is -2.26. The predicted octanol–water partition coefficient (Wildman–Crippen LogP) is 2.60. The lowest BCUT2D eigenvalue weighted by molar-refractivity contribution is -0.384. The maximum absolute atomic E-state index is 11.9. The van der Waals surface area contributed by atoms with Crippen LogP contribution in [0.5, 0.6) is 5.75 Å². The quantitative estimate of drug-likeness (QED) is 0.264. The molecule has 9 heteroatoms. The first-order valence-electron chi connectivity index (χ1n) is 7.84. The molecule has 0 aliphatic carbocycles. The second kappa shape index (κ2) is 7.60. The number of non-ortho nitro benzene ring substituents is 1. The van der Waals surface area contributed by atoms with Gasteiger partial charge < -0.3 is 14.4 Å². The number of aldehydes is 1. The van der Waals surface area contributed by atoms with Crippen LogP contribution in [0, 0.1) is 10.1 Å². The zero-order chi connectivity index (χ0) is 18.5. The smallest absolute Gasteiger partial charge is 0.429 e. The van der Waals surface area contributed by atoms with Gasteiger partial charge in [0.25, 0.3) is 5.69 Å². The van der Waals surface area contributed by atoms with Crippen LogP contribution in [-0.2, 0) is 4.74 Å². The summed E-state index contributed by atoms with van der Waals surface area (Å²) in [5.74, 6) is 0.170. The summed E-state index contributed by atoms with van der Waals surface area (Å²) in [5, 5.41) is 10.6. The van der Waals surface area contributed by atoms with Crippen LogP contribution in [0.1, 0.15) is 16.9 Å². The number of ether oxygens (including phenoxy) is 2. The Balaban J connectivity index is 1.52. The molecule has 1 aromatic heterocycles. The molecule has 2 aromatic rings. The lowest BCUT2D eigenvalue weighted by Gasteiger charge is -2.18. The highest BCUT2D eigenvalue weighted by Gasteiger charge is 2.27. The van der Waals surface area contributed by atoms with Crippen molar-refractivity contribution in [1.29, 1.82) is 0 Å². The first-order chi connectivity index (χ1) is 12.5. The van der Waals surface area contributed by atoms with Gasteiger partial charge in [-0.2, -0.15) is 0 Å². The number of hydrogen-bond acceptors (Lipinski definition) is 8. The standard InChI is InChI=1S/C17H15N3O6/c21-11-12-1-2-14(9-18-12)19-8-7-16(10-19)26-17(22)25-15-5-3-13(4-6-15)20(23)24/h1-6,9,11,16H,7-8,10H2. The number of pyridine rings is 1. The Hall–Kier alpha value is -3.49. The predicted molar refractivity (Wildman–Crippen MR) is 90.4 cm³/mol. The molecule has 1 aromatic carbocycles. The van der Waals surface area contributed by atoms with Crippen molar-refractivity contribution in [3.05, 3.63) is 58.4 Å². The molecule has 1 aliphatic heterocycles. The van der Waals surface area contributed by atoms with Gasteiger partial charge in [-0.25, -0.2) is 4.79 Å². The minimum Gasteiger partial charge on any atom is -0.429 e. The second-order valence-corrected chi connectivity index (χ2v) is 5.64. The van der Waals surface area contributed by atoms with Crippen molar-refractivity contribution in [3.8, 4) is 5.75 Å². The topological polar surface area (TPSA) is 112 Å². The van der Waals surface area contributed by atoms with Crippen LogP contribution in [-0.4, -0.2) is 41.5 Å². The lowest BCUT2D eigenvalue weighted by atomic mass is 10.3. The van der Waals surface area contributed by atoms with E-state index in [2.05, 4.69) is 4.98 Å². The van der Waals surface area contributed by atoms with Crippen LogP contribution in [0.4, 0.5) is 16.2 Å². The number of anilines is 1. The molecule has 0 amide bonds. The molecule has 1 saturated heterocycles. The van der Waals surface area contributed by atoms with Crippen molar-refractivity contribution < 1.29 is 24.0 Å². The van der Waals surface area contributed by atoms with E-state index >= 15 is 0 Å². The molecule has 9 nitrogen and oxygen atoms in total. The fraction of sp³-hybridized carbons (Fsp3) is 0.235. The van der Waals surface area contributed by atoms with Crippen molar-refractivity contribution in [2.45, 2.75) is 12.5 Å². The van der Waals surface area contributed by atoms with Crippen LogP contribution in [0.25, 0.3) is 0 Å². The Morgan fingerprint density at radius 2 is 2.04 bits per heavy atom. The van der Waals surface area contributed by atoms with E-state index in [1.54, 1.807) is 18.3 Å². The minimum atomic E-state index is -0.861. The Bertz CT molecular complexity index is 806. The number of nitrogens with zero attached hydrogens (tertiary/aromatic N) is 3. The number of nitro benzene ring substituents is 1. The van der Waals surface area contributed by atoms with Crippen molar-refractivity contribution in [2.75, 3.05) is 18.0 Å². The number of hydrogen-bond donors (Lipinski definition) is 0. The third kappa shape index (κ3) is 4.12. The Morgan fingerprint density at radius 3 is 2.65 bits per heavy atom. The number of carbonyl (C=O) groups excluding carboxylic acids is 2. The van der Waals surface area contributed by atoms with E-state index in [0.29, 0.717) is 31.5 Å². The molecular weight excluding hydrogens is 342 g/mol. The molecule has 1 aliphatic rings. The van der Waals surface area contributed by atoms with E-state index < -0.39 is 11.1 Å². The summed E-state index contributed by atoms with van der Waals surface area (Å²) in [6.45, 7) is 1.16. The maximum atomic E-state index is 11.9. The first-order valence-corrected chi connectivity index (χ1v) is 7.84. The normalized spacial score (nSPS) is 16.2. The number of benzene rings is 1. The molecule has 134 valence electrons. The Kier molecular flexibility index (Phi) is 5.07. The molecule has 0 saturated carbocycles. The summed E-state index contributed by atoms with van der Waals surface area (Å²) in [6.07, 6.45) is 1.70. The molecule has 1 fully saturated rings. The van der Waals surface area contributed by atoms with E-state index in [-0.39, 0.29) is 17.5 Å². The number of carbonyl (C=O) groups is 2. The van der Waals surface area contributed by atoms with Crippen LogP contribution in [0.15, 0.2) is 42.6 Å². The largest absolute Gasteiger partial charge is 0.514 e. The third-order valence-electron chi connectivity index (χ3n) is 3.91. The first kappa shape index (κ1) is 17.3. The molecule has 0 N–H and O–H groups in total. The van der Waals surface area contributed by atoms with E-state index in [4.69, 9.17) is 9.47 Å². The van der Waals surface area contributed by atoms with Gasteiger partial charge in [0.1, 0.15) is 17.5 Å².